The lowest BCUT2D eigenvalue weighted by Gasteiger charge is -2.37. The molecule has 180 valence electrons. The molecule has 2 aliphatic rings. The minimum absolute atomic E-state index is 0.139. The topological polar surface area (TPSA) is 59.4 Å². The zero-order valence-corrected chi connectivity index (χ0v) is 20.8. The third kappa shape index (κ3) is 4.61. The molecule has 2 aliphatic heterocycles. The number of furan rings is 1. The molecule has 3 aromatic rings. The standard InChI is InChI=1S/C26H33N5O2S/c1-19-7-6-13-29(17-19)25(32)21-10-14-28(15-11-21)18-30-26(34)31(22-8-4-3-5-9-22)24(27-30)23-12-16-33-20(23)2/h3-5,8-9,12,16,19,21H,6-7,10-11,13-15,17-18H2,1-2H3. The van der Waals surface area contributed by atoms with Crippen LogP contribution in [0.2, 0.25) is 0 Å². The van der Waals surface area contributed by atoms with E-state index >= 15 is 0 Å². The van der Waals surface area contributed by atoms with Crippen LogP contribution in [-0.2, 0) is 11.5 Å². The molecule has 5 rings (SSSR count). The van der Waals surface area contributed by atoms with E-state index in [4.69, 9.17) is 21.7 Å². The molecule has 0 spiro atoms. The van der Waals surface area contributed by atoms with Gasteiger partial charge in [0, 0.05) is 37.8 Å². The van der Waals surface area contributed by atoms with Gasteiger partial charge >= 0.3 is 0 Å². The third-order valence-corrected chi connectivity index (χ3v) is 7.59. The van der Waals surface area contributed by atoms with Crippen molar-refractivity contribution in [1.82, 2.24) is 24.1 Å². The molecular weight excluding hydrogens is 446 g/mol. The van der Waals surface area contributed by atoms with Gasteiger partial charge in [0.15, 0.2) is 5.82 Å². The SMILES string of the molecule is Cc1occc1-c1nn(CN2CCC(C(=O)N3CCCC(C)C3)CC2)c(=S)n1-c1ccccc1. The summed E-state index contributed by atoms with van der Waals surface area (Å²) < 4.78 is 10.1. The molecule has 8 heteroatoms. The van der Waals surface area contributed by atoms with Crippen LogP contribution in [0.15, 0.2) is 47.1 Å². The summed E-state index contributed by atoms with van der Waals surface area (Å²) in [6, 6.07) is 12.0. The van der Waals surface area contributed by atoms with Gasteiger partial charge in [-0.25, -0.2) is 4.68 Å². The molecule has 0 bridgehead atoms. The summed E-state index contributed by atoms with van der Waals surface area (Å²) in [5.74, 6) is 2.71. The third-order valence-electron chi connectivity index (χ3n) is 7.19. The van der Waals surface area contributed by atoms with Crippen LogP contribution in [0.1, 0.15) is 38.4 Å². The van der Waals surface area contributed by atoms with Crippen molar-refractivity contribution >= 4 is 18.1 Å². The van der Waals surface area contributed by atoms with Crippen LogP contribution >= 0.6 is 12.2 Å². The van der Waals surface area contributed by atoms with Crippen LogP contribution in [0.25, 0.3) is 17.1 Å². The van der Waals surface area contributed by atoms with Gasteiger partial charge < -0.3 is 9.32 Å². The molecule has 2 saturated heterocycles. The van der Waals surface area contributed by atoms with E-state index in [9.17, 15) is 4.79 Å². The molecule has 1 amide bonds. The van der Waals surface area contributed by atoms with Crippen molar-refractivity contribution in [2.24, 2.45) is 11.8 Å². The zero-order chi connectivity index (χ0) is 23.7. The second-order valence-corrected chi connectivity index (χ2v) is 10.1. The van der Waals surface area contributed by atoms with Gasteiger partial charge in [-0.15, -0.1) is 5.10 Å². The van der Waals surface area contributed by atoms with E-state index in [0.29, 0.717) is 23.3 Å². The Balaban J connectivity index is 1.32. The minimum atomic E-state index is 0.139. The molecule has 0 N–H and O–H groups in total. The number of hydrogen-bond donors (Lipinski definition) is 0. The summed E-state index contributed by atoms with van der Waals surface area (Å²) in [5.41, 5.74) is 1.92. The lowest BCUT2D eigenvalue weighted by molar-refractivity contribution is -0.139. The number of aryl methyl sites for hydroxylation is 1. The van der Waals surface area contributed by atoms with E-state index in [0.717, 1.165) is 68.3 Å². The highest BCUT2D eigenvalue weighted by molar-refractivity contribution is 7.71. The molecule has 2 aromatic heterocycles. The first kappa shape index (κ1) is 23.1. The van der Waals surface area contributed by atoms with Crippen LogP contribution in [0, 0.1) is 23.5 Å². The Bertz CT molecular complexity index is 1190. The number of nitrogens with zero attached hydrogens (tertiary/aromatic N) is 5. The second-order valence-electron chi connectivity index (χ2n) is 9.73. The number of benzene rings is 1. The quantitative estimate of drug-likeness (QED) is 0.487. The average molecular weight is 480 g/mol. The number of piperidine rings is 2. The van der Waals surface area contributed by atoms with Crippen molar-refractivity contribution in [1.29, 1.82) is 0 Å². The average Bonchev–Trinajstić information content (AvgIpc) is 3.42. The number of amides is 1. The lowest BCUT2D eigenvalue weighted by Crippen LogP contribution is -2.46. The normalized spacial score (nSPS) is 20.1. The number of rotatable bonds is 5. The molecule has 0 saturated carbocycles. The number of aromatic nitrogens is 3. The summed E-state index contributed by atoms with van der Waals surface area (Å²) >= 11 is 5.89. The summed E-state index contributed by atoms with van der Waals surface area (Å²) in [5, 5.41) is 4.92. The minimum Gasteiger partial charge on any atom is -0.469 e. The molecular formula is C26H33N5O2S. The molecule has 1 aromatic carbocycles. The van der Waals surface area contributed by atoms with Crippen LogP contribution in [-0.4, -0.2) is 56.2 Å². The first-order valence-corrected chi connectivity index (χ1v) is 12.7. The van der Waals surface area contributed by atoms with Gasteiger partial charge in [0.2, 0.25) is 10.7 Å². The predicted octanol–water partition coefficient (Wildman–Crippen LogP) is 4.90. The highest BCUT2D eigenvalue weighted by Gasteiger charge is 2.31. The van der Waals surface area contributed by atoms with Crippen LogP contribution in [0.5, 0.6) is 0 Å². The lowest BCUT2D eigenvalue weighted by atomic mass is 9.93. The molecule has 1 atom stereocenters. The summed E-state index contributed by atoms with van der Waals surface area (Å²) in [6.45, 7) is 8.40. The van der Waals surface area contributed by atoms with Crippen molar-refractivity contribution in [3.8, 4) is 17.1 Å². The van der Waals surface area contributed by atoms with Crippen molar-refractivity contribution in [2.75, 3.05) is 26.2 Å². The first-order valence-electron chi connectivity index (χ1n) is 12.3. The van der Waals surface area contributed by atoms with Gasteiger partial charge in [0.05, 0.1) is 18.5 Å². The Morgan fingerprint density at radius 2 is 1.88 bits per heavy atom. The smallest absolute Gasteiger partial charge is 0.225 e. The van der Waals surface area contributed by atoms with E-state index in [-0.39, 0.29) is 5.92 Å². The molecule has 2 fully saturated rings. The van der Waals surface area contributed by atoms with Crippen LogP contribution in [0.3, 0.4) is 0 Å². The monoisotopic (exact) mass is 479 g/mol. The van der Waals surface area contributed by atoms with Crippen molar-refractivity contribution in [3.63, 3.8) is 0 Å². The number of carbonyl (C=O) groups is 1. The molecule has 4 heterocycles. The largest absolute Gasteiger partial charge is 0.469 e. The fourth-order valence-corrected chi connectivity index (χ4v) is 5.55. The van der Waals surface area contributed by atoms with Gasteiger partial charge in [-0.2, -0.15) is 0 Å². The van der Waals surface area contributed by atoms with Crippen molar-refractivity contribution in [2.45, 2.75) is 46.2 Å². The predicted molar refractivity (Wildman–Crippen MR) is 134 cm³/mol. The highest BCUT2D eigenvalue weighted by atomic mass is 32.1. The first-order chi connectivity index (χ1) is 16.5. The van der Waals surface area contributed by atoms with E-state index in [1.807, 2.05) is 52.6 Å². The maximum Gasteiger partial charge on any atom is 0.225 e. The second kappa shape index (κ2) is 9.88. The molecule has 34 heavy (non-hydrogen) atoms. The van der Waals surface area contributed by atoms with Gasteiger partial charge in [-0.05, 0) is 68.9 Å². The molecule has 0 radical (unpaired) electrons. The van der Waals surface area contributed by atoms with Gasteiger partial charge in [0.1, 0.15) is 5.76 Å². The number of carbonyl (C=O) groups excluding carboxylic acids is 1. The molecule has 0 aliphatic carbocycles. The van der Waals surface area contributed by atoms with Gasteiger partial charge in [-0.1, -0.05) is 25.1 Å². The van der Waals surface area contributed by atoms with E-state index in [2.05, 4.69) is 16.7 Å². The zero-order valence-electron chi connectivity index (χ0n) is 20.0. The Labute approximate surface area is 206 Å². The molecule has 1 unspecified atom stereocenters. The van der Waals surface area contributed by atoms with Crippen LogP contribution in [0.4, 0.5) is 0 Å². The number of likely N-dealkylation sites (tertiary alicyclic amines) is 2. The van der Waals surface area contributed by atoms with Crippen molar-refractivity contribution < 1.29 is 9.21 Å². The van der Waals surface area contributed by atoms with Crippen molar-refractivity contribution in [3.05, 3.63) is 53.2 Å². The Morgan fingerprint density at radius 1 is 1.12 bits per heavy atom. The summed E-state index contributed by atoms with van der Waals surface area (Å²) in [7, 11) is 0. The van der Waals surface area contributed by atoms with Gasteiger partial charge in [0.25, 0.3) is 0 Å². The summed E-state index contributed by atoms with van der Waals surface area (Å²) in [4.78, 5) is 17.5. The fourth-order valence-electron chi connectivity index (χ4n) is 5.26. The van der Waals surface area contributed by atoms with Crippen LogP contribution < -0.4 is 0 Å². The van der Waals surface area contributed by atoms with E-state index < -0.39 is 0 Å². The maximum atomic E-state index is 13.0. The Kier molecular flexibility index (Phi) is 6.70. The number of hydrogen-bond acceptors (Lipinski definition) is 5. The Morgan fingerprint density at radius 3 is 2.56 bits per heavy atom. The maximum absolute atomic E-state index is 13.0. The fraction of sp³-hybridized carbons (Fsp3) is 0.500. The summed E-state index contributed by atoms with van der Waals surface area (Å²) in [6.07, 6.45) is 5.84. The highest BCUT2D eigenvalue weighted by Crippen LogP contribution is 2.28. The van der Waals surface area contributed by atoms with E-state index in [1.165, 1.54) is 6.42 Å². The van der Waals surface area contributed by atoms with Gasteiger partial charge in [-0.3, -0.25) is 14.3 Å². The number of para-hydroxylation sites is 1. The Hall–Kier alpha value is -2.71. The molecule has 7 nitrogen and oxygen atoms in total. The van der Waals surface area contributed by atoms with E-state index in [1.54, 1.807) is 6.26 Å².